The molecule has 2 saturated heterocycles. The van der Waals surface area contributed by atoms with Crippen molar-refractivity contribution in [3.63, 3.8) is 0 Å². The minimum absolute atomic E-state index is 0. The van der Waals surface area contributed by atoms with Gasteiger partial charge in [0, 0.05) is 19.6 Å². The molecule has 2 rings (SSSR count). The molecule has 0 aromatic heterocycles. The Hall–Kier alpha value is -0.320. The largest absolute Gasteiger partial charge is 0.341 e. The molecule has 3 atom stereocenters. The Bertz CT molecular complexity index is 321. The summed E-state index contributed by atoms with van der Waals surface area (Å²) in [6.07, 6.45) is 6.19. The number of piperidine rings is 1. The molecule has 2 aliphatic heterocycles. The molecule has 0 radical (unpaired) electrons. The molecule has 0 saturated carbocycles. The molecule has 2 fully saturated rings. The number of hydrogen-bond donors (Lipinski definition) is 1. The summed E-state index contributed by atoms with van der Waals surface area (Å²) in [5.74, 6) is 1.10. The van der Waals surface area contributed by atoms with E-state index in [-0.39, 0.29) is 30.3 Å². The van der Waals surface area contributed by atoms with Crippen LogP contribution in [0.2, 0.25) is 0 Å². The summed E-state index contributed by atoms with van der Waals surface area (Å²) in [4.78, 5) is 17.0. The average Bonchev–Trinajstić information content (AvgIpc) is 2.94. The van der Waals surface area contributed by atoms with E-state index < -0.39 is 0 Å². The van der Waals surface area contributed by atoms with E-state index in [1.165, 1.54) is 38.9 Å². The quantitative estimate of drug-likeness (QED) is 0.845. The van der Waals surface area contributed by atoms with Gasteiger partial charge in [-0.2, -0.15) is 0 Å². The Kier molecular flexibility index (Phi) is 7.99. The minimum Gasteiger partial charge on any atom is -0.341 e. The summed E-state index contributed by atoms with van der Waals surface area (Å²) in [7, 11) is 0. The van der Waals surface area contributed by atoms with Gasteiger partial charge in [-0.15, -0.1) is 12.4 Å². The van der Waals surface area contributed by atoms with Gasteiger partial charge in [-0.1, -0.05) is 26.7 Å². The molecule has 0 aromatic rings. The van der Waals surface area contributed by atoms with Gasteiger partial charge in [0.1, 0.15) is 0 Å². The Morgan fingerprint density at radius 3 is 2.52 bits per heavy atom. The molecule has 0 spiro atoms. The summed E-state index contributed by atoms with van der Waals surface area (Å²) in [6, 6.07) is -0.311. The summed E-state index contributed by atoms with van der Waals surface area (Å²) in [6.45, 7) is 9.65. The third kappa shape index (κ3) is 5.11. The molecular weight excluding hydrogens is 286 g/mol. The predicted octanol–water partition coefficient (Wildman–Crippen LogP) is 2.12. The van der Waals surface area contributed by atoms with Gasteiger partial charge < -0.3 is 15.5 Å². The molecule has 4 nitrogen and oxygen atoms in total. The lowest BCUT2D eigenvalue weighted by Gasteiger charge is -2.29. The highest BCUT2D eigenvalue weighted by molar-refractivity contribution is 5.85. The zero-order valence-corrected chi connectivity index (χ0v) is 14.4. The Labute approximate surface area is 135 Å². The van der Waals surface area contributed by atoms with Crippen LogP contribution in [0, 0.1) is 11.8 Å². The van der Waals surface area contributed by atoms with E-state index in [2.05, 4.69) is 18.7 Å². The van der Waals surface area contributed by atoms with Crippen molar-refractivity contribution < 1.29 is 4.79 Å². The van der Waals surface area contributed by atoms with Crippen molar-refractivity contribution in [2.45, 2.75) is 52.0 Å². The maximum Gasteiger partial charge on any atom is 0.239 e. The van der Waals surface area contributed by atoms with Gasteiger partial charge in [-0.25, -0.2) is 0 Å². The molecule has 2 N–H and O–H groups in total. The number of carbonyl (C=O) groups excluding carboxylic acids is 1. The number of hydrogen-bond acceptors (Lipinski definition) is 3. The van der Waals surface area contributed by atoms with Gasteiger partial charge in [0.25, 0.3) is 0 Å². The van der Waals surface area contributed by atoms with Crippen LogP contribution in [-0.4, -0.2) is 54.5 Å². The Morgan fingerprint density at radius 1 is 1.24 bits per heavy atom. The lowest BCUT2D eigenvalue weighted by atomic mass is 9.99. The second-order valence-electron chi connectivity index (χ2n) is 6.71. The third-order valence-electron chi connectivity index (χ3n) is 5.10. The van der Waals surface area contributed by atoms with Crippen LogP contribution in [0.25, 0.3) is 0 Å². The molecule has 5 heteroatoms. The van der Waals surface area contributed by atoms with E-state index in [4.69, 9.17) is 5.73 Å². The molecule has 0 aromatic carbocycles. The number of rotatable bonds is 5. The number of halogens is 1. The van der Waals surface area contributed by atoms with Crippen LogP contribution in [0.3, 0.4) is 0 Å². The first-order valence-electron chi connectivity index (χ1n) is 8.38. The van der Waals surface area contributed by atoms with Crippen molar-refractivity contribution in [3.05, 3.63) is 0 Å². The smallest absolute Gasteiger partial charge is 0.239 e. The first-order valence-corrected chi connectivity index (χ1v) is 8.38. The van der Waals surface area contributed by atoms with Crippen LogP contribution in [0.15, 0.2) is 0 Å². The highest BCUT2D eigenvalue weighted by Crippen LogP contribution is 2.21. The van der Waals surface area contributed by atoms with Gasteiger partial charge in [-0.3, -0.25) is 4.79 Å². The van der Waals surface area contributed by atoms with Gasteiger partial charge in [0.2, 0.25) is 5.91 Å². The summed E-state index contributed by atoms with van der Waals surface area (Å²) in [5.41, 5.74) is 6.08. The van der Waals surface area contributed by atoms with Crippen LogP contribution in [0.4, 0.5) is 0 Å². The van der Waals surface area contributed by atoms with Crippen molar-refractivity contribution in [3.8, 4) is 0 Å². The van der Waals surface area contributed by atoms with E-state index in [1.54, 1.807) is 0 Å². The zero-order valence-electron chi connectivity index (χ0n) is 13.6. The standard InChI is InChI=1S/C16H31N3O.ClH/c1-3-13(2)15(17)16(20)19-10-7-14(12-19)11-18-8-5-4-6-9-18;/h13-15H,3-12,17H2,1-2H3;1H. The number of nitrogens with two attached hydrogens (primary N) is 1. The second-order valence-corrected chi connectivity index (χ2v) is 6.71. The minimum atomic E-state index is -0.311. The lowest BCUT2D eigenvalue weighted by molar-refractivity contribution is -0.132. The van der Waals surface area contributed by atoms with E-state index in [9.17, 15) is 4.79 Å². The average molecular weight is 318 g/mol. The predicted molar refractivity (Wildman–Crippen MR) is 89.7 cm³/mol. The van der Waals surface area contributed by atoms with E-state index in [1.807, 2.05) is 4.90 Å². The number of likely N-dealkylation sites (tertiary alicyclic amines) is 2. The van der Waals surface area contributed by atoms with Gasteiger partial charge in [-0.05, 0) is 44.2 Å². The van der Waals surface area contributed by atoms with Crippen molar-refractivity contribution in [2.75, 3.05) is 32.7 Å². The first-order chi connectivity index (χ1) is 9.61. The second kappa shape index (κ2) is 8.96. The summed E-state index contributed by atoms with van der Waals surface area (Å²) < 4.78 is 0. The summed E-state index contributed by atoms with van der Waals surface area (Å²) >= 11 is 0. The lowest BCUT2D eigenvalue weighted by Crippen LogP contribution is -2.46. The van der Waals surface area contributed by atoms with E-state index >= 15 is 0 Å². The molecule has 124 valence electrons. The van der Waals surface area contributed by atoms with Crippen LogP contribution >= 0.6 is 12.4 Å². The maximum absolute atomic E-state index is 12.4. The van der Waals surface area contributed by atoms with Gasteiger partial charge >= 0.3 is 0 Å². The zero-order chi connectivity index (χ0) is 14.5. The molecule has 2 aliphatic rings. The molecule has 0 aliphatic carbocycles. The SMILES string of the molecule is CCC(C)C(N)C(=O)N1CCC(CN2CCCCC2)C1.Cl. The highest BCUT2D eigenvalue weighted by Gasteiger charge is 2.31. The fraction of sp³-hybridized carbons (Fsp3) is 0.938. The van der Waals surface area contributed by atoms with Crippen molar-refractivity contribution in [1.29, 1.82) is 0 Å². The maximum atomic E-state index is 12.4. The number of amides is 1. The van der Waals surface area contributed by atoms with Crippen LogP contribution in [0.5, 0.6) is 0 Å². The fourth-order valence-corrected chi connectivity index (χ4v) is 3.40. The highest BCUT2D eigenvalue weighted by atomic mass is 35.5. The molecule has 1 amide bonds. The Morgan fingerprint density at radius 2 is 1.90 bits per heavy atom. The van der Waals surface area contributed by atoms with Gasteiger partial charge in [0.15, 0.2) is 0 Å². The summed E-state index contributed by atoms with van der Waals surface area (Å²) in [5, 5.41) is 0. The van der Waals surface area contributed by atoms with Crippen molar-refractivity contribution >= 4 is 18.3 Å². The Balaban J connectivity index is 0.00000220. The van der Waals surface area contributed by atoms with Crippen molar-refractivity contribution in [1.82, 2.24) is 9.80 Å². The van der Waals surface area contributed by atoms with E-state index in [0.29, 0.717) is 5.92 Å². The molecular formula is C16H32ClN3O. The van der Waals surface area contributed by atoms with Crippen molar-refractivity contribution in [2.24, 2.45) is 17.6 Å². The third-order valence-corrected chi connectivity index (χ3v) is 5.10. The molecule has 0 bridgehead atoms. The number of carbonyl (C=O) groups is 1. The topological polar surface area (TPSA) is 49.6 Å². The van der Waals surface area contributed by atoms with Crippen LogP contribution < -0.4 is 5.73 Å². The van der Waals surface area contributed by atoms with Crippen LogP contribution in [0.1, 0.15) is 46.0 Å². The molecule has 2 heterocycles. The number of nitrogens with zero attached hydrogens (tertiary/aromatic N) is 2. The molecule has 21 heavy (non-hydrogen) atoms. The van der Waals surface area contributed by atoms with E-state index in [0.717, 1.165) is 25.9 Å². The normalized spacial score (nSPS) is 26.2. The first kappa shape index (κ1) is 18.7. The van der Waals surface area contributed by atoms with Crippen LogP contribution in [-0.2, 0) is 4.79 Å². The van der Waals surface area contributed by atoms with Gasteiger partial charge in [0.05, 0.1) is 6.04 Å². The molecule has 3 unspecified atom stereocenters. The monoisotopic (exact) mass is 317 g/mol. The fourth-order valence-electron chi connectivity index (χ4n) is 3.40.